The molecule has 130 valence electrons. The van der Waals surface area contributed by atoms with Crippen LogP contribution >= 0.6 is 0 Å². The van der Waals surface area contributed by atoms with E-state index < -0.39 is 12.0 Å². The van der Waals surface area contributed by atoms with Gasteiger partial charge in [0.25, 0.3) is 0 Å². The molecule has 2 aliphatic rings. The van der Waals surface area contributed by atoms with Crippen molar-refractivity contribution in [3.8, 4) is 17.2 Å². The van der Waals surface area contributed by atoms with Crippen LogP contribution in [0.5, 0.6) is 5.75 Å². The van der Waals surface area contributed by atoms with Gasteiger partial charge in [0.15, 0.2) is 16.8 Å². The summed E-state index contributed by atoms with van der Waals surface area (Å²) in [5.74, 6) is -0.0305. The molecule has 0 amide bonds. The Kier molecular flexibility index (Phi) is 4.67. The van der Waals surface area contributed by atoms with Crippen LogP contribution < -0.4 is 15.9 Å². The molecule has 1 aromatic carbocycles. The summed E-state index contributed by atoms with van der Waals surface area (Å²) in [4.78, 5) is 26.6. The highest BCUT2D eigenvalue weighted by Crippen LogP contribution is 2.27. The van der Waals surface area contributed by atoms with Gasteiger partial charge in [0.2, 0.25) is 0 Å². The Labute approximate surface area is 143 Å². The number of rotatable bonds is 6. The fourth-order valence-electron chi connectivity index (χ4n) is 2.49. The van der Waals surface area contributed by atoms with Gasteiger partial charge in [-0.3, -0.25) is 9.59 Å². The van der Waals surface area contributed by atoms with E-state index in [4.69, 9.17) is 20.0 Å². The summed E-state index contributed by atoms with van der Waals surface area (Å²) in [6.07, 6.45) is 0.634. The van der Waals surface area contributed by atoms with Crippen LogP contribution in [-0.2, 0) is 4.79 Å². The number of fused-ring (bicyclic) bond motifs is 2. The van der Waals surface area contributed by atoms with Gasteiger partial charge in [0.1, 0.15) is 23.0 Å². The van der Waals surface area contributed by atoms with Crippen LogP contribution in [0.15, 0.2) is 45.6 Å². The number of nitrogens with zero attached hydrogens (tertiary/aromatic N) is 1. The summed E-state index contributed by atoms with van der Waals surface area (Å²) in [5.41, 5.74) is 7.11. The second-order valence-corrected chi connectivity index (χ2v) is 5.92. The van der Waals surface area contributed by atoms with Crippen molar-refractivity contribution in [2.45, 2.75) is 31.9 Å². The molecule has 1 aromatic rings. The van der Waals surface area contributed by atoms with Crippen molar-refractivity contribution in [3.63, 3.8) is 0 Å². The number of carboxylic acid groups (broad SMARTS) is 1. The Morgan fingerprint density at radius 2 is 2.08 bits per heavy atom. The summed E-state index contributed by atoms with van der Waals surface area (Å²) in [6.45, 7) is 1.85. The number of benzene rings is 2. The largest absolute Gasteiger partial charge is 0.491 e. The first-order valence-corrected chi connectivity index (χ1v) is 7.92. The molecule has 0 saturated heterocycles. The molecule has 0 saturated carbocycles. The predicted molar refractivity (Wildman–Crippen MR) is 91.8 cm³/mol. The summed E-state index contributed by atoms with van der Waals surface area (Å²) in [7, 11) is 0. The molecular formula is C18H18N2O5. The molecule has 1 heterocycles. The highest BCUT2D eigenvalue weighted by molar-refractivity contribution is 5.77. The van der Waals surface area contributed by atoms with E-state index in [9.17, 15) is 9.59 Å². The lowest BCUT2D eigenvalue weighted by Gasteiger charge is -2.16. The van der Waals surface area contributed by atoms with E-state index >= 15 is 0 Å². The Balaban J connectivity index is 1.79. The van der Waals surface area contributed by atoms with E-state index in [-0.39, 0.29) is 11.5 Å². The van der Waals surface area contributed by atoms with Crippen molar-refractivity contribution in [1.29, 1.82) is 0 Å². The van der Waals surface area contributed by atoms with Crippen LogP contribution in [0.25, 0.3) is 22.6 Å². The van der Waals surface area contributed by atoms with Crippen molar-refractivity contribution in [2.75, 3.05) is 0 Å². The SMILES string of the molecule is CC(CCC(N)C(=O)O)Oc1ccc2nc3ccc(=O)cc-3oc2c1. The van der Waals surface area contributed by atoms with Gasteiger partial charge in [0.05, 0.1) is 6.10 Å². The summed E-state index contributed by atoms with van der Waals surface area (Å²) < 4.78 is 11.5. The first-order chi connectivity index (χ1) is 11.9. The van der Waals surface area contributed by atoms with Gasteiger partial charge in [-0.15, -0.1) is 0 Å². The van der Waals surface area contributed by atoms with Gasteiger partial charge in [-0.05, 0) is 44.0 Å². The van der Waals surface area contributed by atoms with Gasteiger partial charge >= 0.3 is 5.97 Å². The maximum absolute atomic E-state index is 11.4. The lowest BCUT2D eigenvalue weighted by Crippen LogP contribution is -2.31. The molecule has 3 N–H and O–H groups in total. The molecule has 0 fully saturated rings. The van der Waals surface area contributed by atoms with Gasteiger partial charge in [-0.25, -0.2) is 4.98 Å². The van der Waals surface area contributed by atoms with E-state index in [0.29, 0.717) is 41.1 Å². The molecule has 0 bridgehead atoms. The predicted octanol–water partition coefficient (Wildman–Crippen LogP) is 2.25. The van der Waals surface area contributed by atoms with E-state index in [2.05, 4.69) is 4.98 Å². The molecule has 0 radical (unpaired) electrons. The molecule has 7 nitrogen and oxygen atoms in total. The molecule has 7 heteroatoms. The van der Waals surface area contributed by atoms with E-state index in [1.54, 1.807) is 24.3 Å². The van der Waals surface area contributed by atoms with Crippen molar-refractivity contribution in [3.05, 3.63) is 46.6 Å². The molecule has 2 unspecified atom stereocenters. The van der Waals surface area contributed by atoms with Crippen molar-refractivity contribution in [2.24, 2.45) is 5.73 Å². The number of aromatic nitrogens is 1. The van der Waals surface area contributed by atoms with Crippen LogP contribution in [0.4, 0.5) is 0 Å². The average Bonchev–Trinajstić information content (AvgIpc) is 2.57. The van der Waals surface area contributed by atoms with Gasteiger partial charge < -0.3 is 20.0 Å². The van der Waals surface area contributed by atoms with Gasteiger partial charge in [-0.1, -0.05) is 0 Å². The van der Waals surface area contributed by atoms with Crippen LogP contribution in [0, 0.1) is 0 Å². The molecule has 1 aliphatic carbocycles. The van der Waals surface area contributed by atoms with E-state index in [1.165, 1.54) is 12.1 Å². The molecule has 1 aliphatic heterocycles. The smallest absolute Gasteiger partial charge is 0.320 e. The van der Waals surface area contributed by atoms with E-state index in [0.717, 1.165) is 0 Å². The number of carboxylic acids is 1. The zero-order valence-corrected chi connectivity index (χ0v) is 13.6. The van der Waals surface area contributed by atoms with Gasteiger partial charge in [0, 0.05) is 12.1 Å². The average molecular weight is 342 g/mol. The maximum atomic E-state index is 11.4. The number of hydrogen-bond donors (Lipinski definition) is 2. The standard InChI is InChI=1S/C18H18N2O5/c1-10(2-5-13(19)18(22)23)24-12-4-7-15-17(9-12)25-16-8-11(21)3-6-14(16)20-15/h3-4,6-10,13H,2,5,19H2,1H3,(H,22,23). The zero-order chi connectivity index (χ0) is 18.0. The van der Waals surface area contributed by atoms with Crippen molar-refractivity contribution < 1.29 is 19.1 Å². The molecule has 0 spiro atoms. The molecule has 0 aromatic heterocycles. The summed E-state index contributed by atoms with van der Waals surface area (Å²) in [5, 5.41) is 8.80. The monoisotopic (exact) mass is 342 g/mol. The van der Waals surface area contributed by atoms with Crippen LogP contribution in [-0.4, -0.2) is 28.2 Å². The van der Waals surface area contributed by atoms with Crippen LogP contribution in [0.1, 0.15) is 19.8 Å². The second kappa shape index (κ2) is 6.90. The van der Waals surface area contributed by atoms with Crippen LogP contribution in [0.2, 0.25) is 0 Å². The fraction of sp³-hybridized carbons (Fsp3) is 0.278. The molecule has 3 rings (SSSR count). The Hall–Kier alpha value is -2.93. The zero-order valence-electron chi connectivity index (χ0n) is 13.6. The fourth-order valence-corrected chi connectivity index (χ4v) is 2.49. The Morgan fingerprint density at radius 1 is 1.28 bits per heavy atom. The van der Waals surface area contributed by atoms with Crippen molar-refractivity contribution >= 4 is 17.1 Å². The molecule has 2 atom stereocenters. The highest BCUT2D eigenvalue weighted by atomic mass is 16.5. The minimum atomic E-state index is -1.02. The lowest BCUT2D eigenvalue weighted by atomic mass is 10.1. The molecule has 25 heavy (non-hydrogen) atoms. The van der Waals surface area contributed by atoms with Crippen LogP contribution in [0.3, 0.4) is 0 Å². The number of aliphatic carboxylic acids is 1. The summed E-state index contributed by atoms with van der Waals surface area (Å²) in [6, 6.07) is 8.81. The maximum Gasteiger partial charge on any atom is 0.320 e. The highest BCUT2D eigenvalue weighted by Gasteiger charge is 2.15. The summed E-state index contributed by atoms with van der Waals surface area (Å²) >= 11 is 0. The molecular weight excluding hydrogens is 324 g/mol. The van der Waals surface area contributed by atoms with Crippen molar-refractivity contribution in [1.82, 2.24) is 4.98 Å². The third kappa shape index (κ3) is 3.95. The third-order valence-electron chi connectivity index (χ3n) is 3.86. The Morgan fingerprint density at radius 3 is 2.84 bits per heavy atom. The number of ether oxygens (including phenoxy) is 1. The normalized spacial score (nSPS) is 13.7. The minimum Gasteiger partial charge on any atom is -0.491 e. The first-order valence-electron chi connectivity index (χ1n) is 7.92. The van der Waals surface area contributed by atoms with E-state index in [1.807, 2.05) is 6.92 Å². The first kappa shape index (κ1) is 16.9. The second-order valence-electron chi connectivity index (χ2n) is 5.92. The van der Waals surface area contributed by atoms with Gasteiger partial charge in [-0.2, -0.15) is 0 Å². The topological polar surface area (TPSA) is 116 Å². The third-order valence-corrected chi connectivity index (χ3v) is 3.86. The lowest BCUT2D eigenvalue weighted by molar-refractivity contribution is -0.138. The number of carbonyl (C=O) groups is 1. The Bertz CT molecular complexity index is 936. The minimum absolute atomic E-state index is 0.145. The number of hydrogen-bond acceptors (Lipinski definition) is 6. The quantitative estimate of drug-likeness (QED) is 0.660. The number of nitrogens with two attached hydrogens (primary N) is 1.